The predicted molar refractivity (Wildman–Crippen MR) is 48.8 cm³/mol. The standard InChI is InChI=1S/C6H15OSSi.Li/c1-8(2,7)6-9(3,4)5;/h6H,1H2,2-5H3;/q-1;+1. The Labute approximate surface area is 77.8 Å². The fourth-order valence-corrected chi connectivity index (χ4v) is 6.73. The van der Waals surface area contributed by atoms with E-state index in [1.54, 1.807) is 6.26 Å². The van der Waals surface area contributed by atoms with E-state index in [1.807, 2.05) is 4.99 Å². The summed E-state index contributed by atoms with van der Waals surface area (Å²) in [5.41, 5.74) is 0. The second kappa shape index (κ2) is 4.01. The molecule has 0 spiro atoms. The fraction of sp³-hybridized carbons (Fsp3) is 0.667. The zero-order chi connectivity index (χ0) is 7.71. The summed E-state index contributed by atoms with van der Waals surface area (Å²) in [5.74, 6) is 0. The average molecular weight is 170 g/mol. The molecule has 0 aromatic carbocycles. The van der Waals surface area contributed by atoms with Gasteiger partial charge in [0.1, 0.15) is 0 Å². The molecule has 0 rings (SSSR count). The molecule has 0 bridgehead atoms. The maximum atomic E-state index is 11.1. The summed E-state index contributed by atoms with van der Waals surface area (Å²) in [6, 6.07) is 0. The number of hydrogen-bond donors (Lipinski definition) is 0. The summed E-state index contributed by atoms with van der Waals surface area (Å²) in [7, 11) is -3.10. The van der Waals surface area contributed by atoms with Crippen molar-refractivity contribution in [3.63, 3.8) is 0 Å². The van der Waals surface area contributed by atoms with Crippen LogP contribution in [0.4, 0.5) is 0 Å². The van der Waals surface area contributed by atoms with Crippen LogP contribution in [-0.2, 0) is 9.52 Å². The van der Waals surface area contributed by atoms with Crippen LogP contribution in [0.1, 0.15) is 0 Å². The topological polar surface area (TPSA) is 17.1 Å². The molecule has 1 nitrogen and oxygen atoms in total. The van der Waals surface area contributed by atoms with Gasteiger partial charge in [0.15, 0.2) is 0 Å². The maximum absolute atomic E-state index is 11.1. The van der Waals surface area contributed by atoms with E-state index in [2.05, 4.69) is 25.9 Å². The summed E-state index contributed by atoms with van der Waals surface area (Å²) >= 11 is 0. The van der Waals surface area contributed by atoms with Crippen LogP contribution in [0.3, 0.4) is 0 Å². The van der Waals surface area contributed by atoms with E-state index in [1.165, 1.54) is 0 Å². The quantitative estimate of drug-likeness (QED) is 0.262. The number of rotatable bonds is 1. The molecule has 0 aromatic heterocycles. The molecule has 0 fully saturated rings. The van der Waals surface area contributed by atoms with Crippen molar-refractivity contribution < 1.29 is 23.1 Å². The third kappa shape index (κ3) is 11.6. The van der Waals surface area contributed by atoms with Crippen molar-refractivity contribution in [2.75, 3.05) is 6.26 Å². The summed E-state index contributed by atoms with van der Waals surface area (Å²) in [6.45, 7) is 6.46. The third-order valence-corrected chi connectivity index (χ3v) is 5.43. The van der Waals surface area contributed by atoms with Crippen molar-refractivity contribution in [3.8, 4) is 0 Å². The Morgan fingerprint density at radius 1 is 1.40 bits per heavy atom. The van der Waals surface area contributed by atoms with Crippen molar-refractivity contribution in [2.24, 2.45) is 0 Å². The maximum Gasteiger partial charge on any atom is 1.00 e. The van der Waals surface area contributed by atoms with E-state index in [-0.39, 0.29) is 18.9 Å². The minimum atomic E-state index is -1.85. The molecule has 0 aliphatic rings. The third-order valence-electron chi connectivity index (χ3n) is 0.603. The van der Waals surface area contributed by atoms with E-state index in [0.717, 1.165) is 0 Å². The molecule has 0 amide bonds. The monoisotopic (exact) mass is 170 g/mol. The average Bonchev–Trinajstić information content (AvgIpc) is 1.14. The molecule has 0 saturated carbocycles. The first-order valence-electron chi connectivity index (χ1n) is 2.89. The van der Waals surface area contributed by atoms with Gasteiger partial charge in [0.25, 0.3) is 0 Å². The van der Waals surface area contributed by atoms with Gasteiger partial charge in [-0.3, -0.25) is 6.26 Å². The normalized spacial score (nSPS) is 16.9. The van der Waals surface area contributed by atoms with Gasteiger partial charge in [0, 0.05) is 0 Å². The van der Waals surface area contributed by atoms with Crippen LogP contribution in [0.25, 0.3) is 0 Å². The van der Waals surface area contributed by atoms with E-state index >= 15 is 0 Å². The van der Waals surface area contributed by atoms with Gasteiger partial charge in [-0.15, -0.1) is 0 Å². The van der Waals surface area contributed by atoms with E-state index in [9.17, 15) is 4.21 Å². The van der Waals surface area contributed by atoms with Crippen molar-refractivity contribution in [3.05, 3.63) is 6.26 Å². The van der Waals surface area contributed by atoms with Gasteiger partial charge in [-0.05, 0) is 6.26 Å². The first-order valence-corrected chi connectivity index (χ1v) is 8.66. The Morgan fingerprint density at radius 3 is 1.70 bits per heavy atom. The first kappa shape index (κ1) is 13.4. The van der Waals surface area contributed by atoms with Crippen LogP contribution < -0.4 is 18.9 Å². The summed E-state index contributed by atoms with van der Waals surface area (Å²) in [6.07, 6.45) is 5.25. The van der Waals surface area contributed by atoms with Gasteiger partial charge in [-0.1, -0.05) is 24.6 Å². The second-order valence-corrected chi connectivity index (χ2v) is 11.4. The Kier molecular flexibility index (Phi) is 5.38. The molecular weight excluding hydrogens is 155 g/mol. The Morgan fingerprint density at radius 2 is 1.70 bits per heavy atom. The molecule has 1 atom stereocenters. The molecule has 4 heteroatoms. The fourth-order valence-electron chi connectivity index (χ4n) is 0.748. The molecule has 0 N–H and O–H groups in total. The van der Waals surface area contributed by atoms with E-state index in [4.69, 9.17) is 0 Å². The molecule has 0 aromatic rings. The van der Waals surface area contributed by atoms with E-state index in [0.29, 0.717) is 0 Å². The van der Waals surface area contributed by atoms with Gasteiger partial charge in [0.2, 0.25) is 0 Å². The predicted octanol–water partition coefficient (Wildman–Crippen LogP) is -1.62. The van der Waals surface area contributed by atoms with E-state index < -0.39 is 17.6 Å². The van der Waals surface area contributed by atoms with Gasteiger partial charge >= 0.3 is 18.9 Å². The smallest absolute Gasteiger partial charge is 0.301 e. The summed E-state index contributed by atoms with van der Waals surface area (Å²) in [4.78, 5) is 1.93. The SMILES string of the molecule is [CH2-]S(C)(=O)=C[Si](C)(C)C.[Li+]. The second-order valence-electron chi connectivity index (χ2n) is 3.56. The Hall–Kier alpha value is 0.834. The molecule has 0 heterocycles. The van der Waals surface area contributed by atoms with Crippen LogP contribution in [0.2, 0.25) is 19.6 Å². The molecule has 10 heavy (non-hydrogen) atoms. The molecule has 0 aliphatic carbocycles. The Balaban J connectivity index is 0. The van der Waals surface area contributed by atoms with Crippen molar-refractivity contribution in [1.29, 1.82) is 0 Å². The van der Waals surface area contributed by atoms with Crippen molar-refractivity contribution in [1.82, 2.24) is 0 Å². The minimum absolute atomic E-state index is 0. The molecule has 0 radical (unpaired) electrons. The van der Waals surface area contributed by atoms with Crippen molar-refractivity contribution in [2.45, 2.75) is 19.6 Å². The molecule has 0 saturated heterocycles. The Bertz CT molecular complexity index is 190. The van der Waals surface area contributed by atoms with Crippen molar-refractivity contribution >= 4 is 22.6 Å². The number of hydrogen-bond acceptors (Lipinski definition) is 1. The molecule has 0 aliphatic heterocycles. The van der Waals surface area contributed by atoms with Gasteiger partial charge < -0.3 is 4.21 Å². The summed E-state index contributed by atoms with van der Waals surface area (Å²) < 4.78 is 11.1. The zero-order valence-electron chi connectivity index (χ0n) is 7.60. The van der Waals surface area contributed by atoms with Crippen LogP contribution in [0.5, 0.6) is 0 Å². The molecular formula is C6H15LiOSSi. The van der Waals surface area contributed by atoms with Gasteiger partial charge in [-0.2, -0.15) is 9.52 Å². The molecule has 56 valence electrons. The molecule has 1 unspecified atom stereocenters. The first-order chi connectivity index (χ1) is 3.71. The minimum Gasteiger partial charge on any atom is -0.301 e. The van der Waals surface area contributed by atoms with Crippen LogP contribution in [-0.4, -0.2) is 23.5 Å². The van der Waals surface area contributed by atoms with Crippen LogP contribution >= 0.6 is 0 Å². The van der Waals surface area contributed by atoms with Gasteiger partial charge in [0.05, 0.1) is 8.07 Å². The van der Waals surface area contributed by atoms with Gasteiger partial charge in [-0.25, -0.2) is 0 Å². The zero-order valence-corrected chi connectivity index (χ0v) is 9.42. The largest absolute Gasteiger partial charge is 1.00 e. The summed E-state index contributed by atoms with van der Waals surface area (Å²) in [5, 5.41) is 0. The van der Waals surface area contributed by atoms with Crippen LogP contribution in [0, 0.1) is 6.26 Å². The van der Waals surface area contributed by atoms with Crippen LogP contribution in [0.15, 0.2) is 0 Å².